The summed E-state index contributed by atoms with van der Waals surface area (Å²) < 4.78 is 16.5. The van der Waals surface area contributed by atoms with E-state index in [1.165, 1.54) is 0 Å². The van der Waals surface area contributed by atoms with E-state index in [2.05, 4.69) is 4.90 Å². The molecule has 0 unspecified atom stereocenters. The minimum atomic E-state index is -0.701. The van der Waals surface area contributed by atoms with Crippen molar-refractivity contribution in [3.63, 3.8) is 0 Å². The van der Waals surface area contributed by atoms with Crippen molar-refractivity contribution in [1.29, 1.82) is 0 Å². The molecule has 2 aliphatic heterocycles. The second kappa shape index (κ2) is 11.6. The molecule has 1 N–H and O–H groups in total. The van der Waals surface area contributed by atoms with E-state index >= 15 is 0 Å². The summed E-state index contributed by atoms with van der Waals surface area (Å²) >= 11 is 0. The van der Waals surface area contributed by atoms with Crippen LogP contribution in [0, 0.1) is 6.92 Å². The molecular weight excluding hydrogens is 460 g/mol. The molecule has 1 atom stereocenters. The van der Waals surface area contributed by atoms with Crippen LogP contribution in [0.2, 0.25) is 0 Å². The highest BCUT2D eigenvalue weighted by Gasteiger charge is 2.46. The van der Waals surface area contributed by atoms with Crippen LogP contribution in [0.3, 0.4) is 0 Å². The molecule has 0 bridgehead atoms. The Morgan fingerprint density at radius 2 is 1.81 bits per heavy atom. The summed E-state index contributed by atoms with van der Waals surface area (Å²) in [6.45, 7) is 8.36. The molecule has 192 valence electrons. The highest BCUT2D eigenvalue weighted by Crippen LogP contribution is 2.40. The summed E-state index contributed by atoms with van der Waals surface area (Å²) in [5.41, 5.74) is 2.14. The van der Waals surface area contributed by atoms with E-state index in [4.69, 9.17) is 14.2 Å². The van der Waals surface area contributed by atoms with E-state index in [9.17, 15) is 14.7 Å². The van der Waals surface area contributed by atoms with Crippen molar-refractivity contribution in [3.05, 3.63) is 64.7 Å². The molecule has 0 aliphatic carbocycles. The lowest BCUT2D eigenvalue weighted by Gasteiger charge is -2.31. The van der Waals surface area contributed by atoms with Gasteiger partial charge in [0.1, 0.15) is 17.3 Å². The van der Waals surface area contributed by atoms with E-state index < -0.39 is 17.7 Å². The van der Waals surface area contributed by atoms with Crippen LogP contribution in [0.4, 0.5) is 0 Å². The van der Waals surface area contributed by atoms with Crippen LogP contribution in [-0.2, 0) is 14.3 Å². The Morgan fingerprint density at radius 3 is 2.44 bits per heavy atom. The van der Waals surface area contributed by atoms with Gasteiger partial charge in [0.2, 0.25) is 0 Å². The lowest BCUT2D eigenvalue weighted by molar-refractivity contribution is -0.140. The summed E-state index contributed by atoms with van der Waals surface area (Å²) in [5, 5.41) is 11.4. The van der Waals surface area contributed by atoms with Crippen molar-refractivity contribution in [2.75, 3.05) is 53.1 Å². The fourth-order valence-corrected chi connectivity index (χ4v) is 4.64. The maximum atomic E-state index is 13.3. The summed E-state index contributed by atoms with van der Waals surface area (Å²) in [4.78, 5) is 30.3. The van der Waals surface area contributed by atoms with E-state index in [-0.39, 0.29) is 11.3 Å². The number of amides is 1. The molecule has 2 heterocycles. The molecular formula is C28H34N2O6. The van der Waals surface area contributed by atoms with Crippen molar-refractivity contribution >= 4 is 17.4 Å². The van der Waals surface area contributed by atoms with Gasteiger partial charge in [-0.3, -0.25) is 14.5 Å². The smallest absolute Gasteiger partial charge is 0.295 e. The van der Waals surface area contributed by atoms with Gasteiger partial charge in [-0.05, 0) is 54.8 Å². The number of morpholine rings is 1. The third-order valence-electron chi connectivity index (χ3n) is 6.64. The Bertz CT molecular complexity index is 1120. The number of likely N-dealkylation sites (tertiary alicyclic amines) is 1. The highest BCUT2D eigenvalue weighted by molar-refractivity contribution is 6.46. The fraction of sp³-hybridized carbons (Fsp3) is 0.429. The molecule has 2 aliphatic rings. The predicted molar refractivity (Wildman–Crippen MR) is 136 cm³/mol. The van der Waals surface area contributed by atoms with Crippen molar-refractivity contribution in [1.82, 2.24) is 9.80 Å². The molecule has 1 amide bonds. The van der Waals surface area contributed by atoms with Gasteiger partial charge in [0.05, 0.1) is 38.5 Å². The Morgan fingerprint density at radius 1 is 1.08 bits per heavy atom. The molecule has 2 fully saturated rings. The SMILES string of the molecule is CCCOc1ccc(C(O)=C2C(=O)C(=O)N(CCN3CCOCC3)[C@H]2c2ccc(OC)cc2)cc1C. The van der Waals surface area contributed by atoms with E-state index in [0.717, 1.165) is 36.4 Å². The first-order valence-electron chi connectivity index (χ1n) is 12.4. The van der Waals surface area contributed by atoms with Crippen molar-refractivity contribution < 1.29 is 28.9 Å². The fourth-order valence-electron chi connectivity index (χ4n) is 4.64. The van der Waals surface area contributed by atoms with Crippen LogP contribution >= 0.6 is 0 Å². The number of hydrogen-bond donors (Lipinski definition) is 1. The third kappa shape index (κ3) is 5.39. The number of benzene rings is 2. The van der Waals surface area contributed by atoms with Gasteiger partial charge in [0, 0.05) is 31.7 Å². The number of carbonyl (C=O) groups excluding carboxylic acids is 2. The minimum absolute atomic E-state index is 0.0915. The van der Waals surface area contributed by atoms with Crippen LogP contribution in [0.5, 0.6) is 11.5 Å². The number of ether oxygens (including phenoxy) is 3. The first kappa shape index (κ1) is 25.7. The summed E-state index contributed by atoms with van der Waals surface area (Å²) in [6, 6.07) is 11.8. The standard InChI is InChI=1S/C28H34N2O6/c1-4-15-36-23-10-7-21(18-19(23)2)26(31)24-25(20-5-8-22(34-3)9-6-20)30(28(33)27(24)32)12-11-29-13-16-35-17-14-29/h5-10,18,25,31H,4,11-17H2,1-3H3/t25-/m0/s1. The molecule has 2 aromatic carbocycles. The summed E-state index contributed by atoms with van der Waals surface area (Å²) in [6.07, 6.45) is 0.886. The van der Waals surface area contributed by atoms with Gasteiger partial charge in [-0.1, -0.05) is 19.1 Å². The Hall–Kier alpha value is -3.36. The average Bonchev–Trinajstić information content (AvgIpc) is 3.16. The number of carbonyl (C=O) groups is 2. The number of nitrogens with zero attached hydrogens (tertiary/aromatic N) is 2. The summed E-state index contributed by atoms with van der Waals surface area (Å²) in [7, 11) is 1.58. The second-order valence-electron chi connectivity index (χ2n) is 9.05. The number of hydrogen-bond acceptors (Lipinski definition) is 7. The quantitative estimate of drug-likeness (QED) is 0.324. The lowest BCUT2D eigenvalue weighted by Crippen LogP contribution is -2.42. The number of methoxy groups -OCH3 is 1. The van der Waals surface area contributed by atoms with Gasteiger partial charge in [-0.2, -0.15) is 0 Å². The van der Waals surface area contributed by atoms with Crippen molar-refractivity contribution in [2.24, 2.45) is 0 Å². The van der Waals surface area contributed by atoms with E-state index in [1.54, 1.807) is 42.3 Å². The number of Topliss-reactive ketones (excluding diaryl/α,β-unsaturated/α-hetero) is 1. The van der Waals surface area contributed by atoms with Gasteiger partial charge in [-0.25, -0.2) is 0 Å². The number of aliphatic hydroxyl groups excluding tert-OH is 1. The average molecular weight is 495 g/mol. The molecule has 0 saturated carbocycles. The van der Waals surface area contributed by atoms with Gasteiger partial charge >= 0.3 is 0 Å². The molecule has 0 spiro atoms. The molecule has 0 aromatic heterocycles. The maximum absolute atomic E-state index is 13.3. The molecule has 0 radical (unpaired) electrons. The first-order chi connectivity index (χ1) is 17.4. The van der Waals surface area contributed by atoms with E-state index in [1.807, 2.05) is 26.0 Å². The first-order valence-corrected chi connectivity index (χ1v) is 12.4. The van der Waals surface area contributed by atoms with Gasteiger partial charge in [-0.15, -0.1) is 0 Å². The largest absolute Gasteiger partial charge is 0.507 e. The number of ketones is 1. The zero-order valence-electron chi connectivity index (χ0n) is 21.2. The maximum Gasteiger partial charge on any atom is 0.295 e. The minimum Gasteiger partial charge on any atom is -0.507 e. The van der Waals surface area contributed by atoms with Gasteiger partial charge in [0.15, 0.2) is 0 Å². The lowest BCUT2D eigenvalue weighted by atomic mass is 9.94. The normalized spacial score (nSPS) is 20.1. The topological polar surface area (TPSA) is 88.5 Å². The molecule has 8 heteroatoms. The third-order valence-corrected chi connectivity index (χ3v) is 6.64. The van der Waals surface area contributed by atoms with Crippen LogP contribution in [0.15, 0.2) is 48.0 Å². The highest BCUT2D eigenvalue weighted by atomic mass is 16.5. The van der Waals surface area contributed by atoms with E-state index in [0.29, 0.717) is 44.2 Å². The Labute approximate surface area is 212 Å². The molecule has 4 rings (SSSR count). The Balaban J connectivity index is 1.71. The van der Waals surface area contributed by atoms with Crippen LogP contribution in [-0.4, -0.2) is 79.7 Å². The van der Waals surface area contributed by atoms with Crippen LogP contribution in [0.1, 0.15) is 36.1 Å². The van der Waals surface area contributed by atoms with Gasteiger partial charge in [0.25, 0.3) is 11.7 Å². The summed E-state index contributed by atoms with van der Waals surface area (Å²) in [5.74, 6) is -0.0777. The van der Waals surface area contributed by atoms with Crippen molar-refractivity contribution in [3.8, 4) is 11.5 Å². The van der Waals surface area contributed by atoms with Crippen molar-refractivity contribution in [2.45, 2.75) is 26.3 Å². The number of rotatable bonds is 9. The number of aliphatic hydroxyl groups is 1. The molecule has 8 nitrogen and oxygen atoms in total. The van der Waals surface area contributed by atoms with Gasteiger partial charge < -0.3 is 24.2 Å². The molecule has 36 heavy (non-hydrogen) atoms. The number of aryl methyl sites for hydroxylation is 1. The molecule has 2 aromatic rings. The zero-order chi connectivity index (χ0) is 25.7. The predicted octanol–water partition coefficient (Wildman–Crippen LogP) is 3.55. The van der Waals surface area contributed by atoms with Crippen LogP contribution < -0.4 is 9.47 Å². The zero-order valence-corrected chi connectivity index (χ0v) is 21.2. The molecule has 2 saturated heterocycles. The second-order valence-corrected chi connectivity index (χ2v) is 9.05. The Kier molecular flexibility index (Phi) is 8.28. The monoisotopic (exact) mass is 494 g/mol. The van der Waals surface area contributed by atoms with Crippen LogP contribution in [0.25, 0.3) is 5.76 Å².